The molecule has 21 nitrogen and oxygen atoms in total. The molecule has 374 valence electrons. The van der Waals surface area contributed by atoms with Gasteiger partial charge in [0.2, 0.25) is 0 Å². The Hall–Kier alpha value is -2.50. The maximum absolute atomic E-state index is 11.8. The Kier molecular flexibility index (Phi) is 23.3. The van der Waals surface area contributed by atoms with E-state index in [4.69, 9.17) is 46.7 Å². The molecule has 1 saturated carbocycles. The quantitative estimate of drug-likeness (QED) is 0.104. The number of aliphatic hydroxyl groups excluding tert-OH is 2. The summed E-state index contributed by atoms with van der Waals surface area (Å²) in [6.45, 7) is 19.1. The van der Waals surface area contributed by atoms with Crippen molar-refractivity contribution in [3.63, 3.8) is 0 Å². The van der Waals surface area contributed by atoms with Crippen LogP contribution in [-0.2, 0) is 79.6 Å². The number of hydrogen-bond donors (Lipinski definition) is 4. The number of ether oxygens (including phenoxy) is 7. The minimum Gasteiger partial charge on any atom is -0.449 e. The van der Waals surface area contributed by atoms with Gasteiger partial charge in [-0.2, -0.15) is 13.9 Å². The number of rotatable bonds is 21. The first-order chi connectivity index (χ1) is 31.0. The third kappa shape index (κ3) is 17.2. The van der Waals surface area contributed by atoms with E-state index in [1.54, 1.807) is 21.0 Å². The molecule has 22 heteroatoms. The van der Waals surface area contributed by atoms with E-state index in [0.29, 0.717) is 57.3 Å². The van der Waals surface area contributed by atoms with E-state index in [1.165, 1.54) is 12.8 Å². The van der Waals surface area contributed by atoms with Gasteiger partial charge in [0, 0.05) is 39.4 Å². The fourth-order valence-corrected chi connectivity index (χ4v) is 9.30. The first-order valence-corrected chi connectivity index (χ1v) is 24.7. The van der Waals surface area contributed by atoms with E-state index < -0.39 is 50.9 Å². The number of hydrogen-bond acceptors (Lipinski definition) is 18. The second kappa shape index (κ2) is 27.5. The normalized spacial score (nSPS) is 29.3. The third-order valence-electron chi connectivity index (χ3n) is 12.0. The van der Waals surface area contributed by atoms with E-state index in [9.17, 15) is 19.9 Å². The standard InChI is InChI=1S/C20H40O10P.C17H28N4O4.C6H11N3/c1-11(2)25-8-15-9-26-13(5)17(21)19(15)30-31(23,24-7)27-10-16-20(28-12(3)4)18(22)14(6)29-16;1-21-16-6-4-13-12(3-5-15(16)19-20-21)14(13)11-25-17(22)18-7-8-24-10-9-23-2;1-3-6-5-9(4-2)8-7-6/h11-23H,8-10H2,1-7H3;12-14H,3-11H2,1-2H3,(H,18,22);5H,3-4H2,1-2H3/q+1;;/t13?,14-,15-,16+,17+,18?,19?,20?,31?;12-,13+,14-;/m00./s1. The van der Waals surface area contributed by atoms with Crippen LogP contribution in [0.25, 0.3) is 0 Å². The summed E-state index contributed by atoms with van der Waals surface area (Å²) < 4.78 is 58.8. The number of aromatic nitrogens is 6. The zero-order valence-electron chi connectivity index (χ0n) is 40.4. The molecular weight excluding hydrogens is 869 g/mol. The predicted octanol–water partition coefficient (Wildman–Crippen LogP) is 3.27. The molecule has 2 aliphatic carbocycles. The topological polar surface area (TPSA) is 244 Å². The predicted molar refractivity (Wildman–Crippen MR) is 239 cm³/mol. The van der Waals surface area contributed by atoms with Gasteiger partial charge < -0.3 is 48.7 Å². The van der Waals surface area contributed by atoms with Crippen molar-refractivity contribution >= 4 is 14.3 Å². The highest BCUT2D eigenvalue weighted by Crippen LogP contribution is 2.60. The number of nitrogens with one attached hydrogen (secondary N) is 1. The summed E-state index contributed by atoms with van der Waals surface area (Å²) in [5.41, 5.74) is 3.46. The molecular formula is C43H79N7O14P+. The Labute approximate surface area is 385 Å². The van der Waals surface area contributed by atoms with Crippen LogP contribution in [0.2, 0.25) is 0 Å². The van der Waals surface area contributed by atoms with Crippen LogP contribution in [0.3, 0.4) is 0 Å². The molecule has 4 aliphatic rings. The number of amides is 1. The van der Waals surface area contributed by atoms with Crippen LogP contribution in [0.15, 0.2) is 6.20 Å². The average Bonchev–Trinajstić information content (AvgIpc) is 3.51. The number of alkyl carbamates (subject to hydrolysis) is 1. The van der Waals surface area contributed by atoms with Crippen LogP contribution in [0.1, 0.15) is 85.3 Å². The minimum atomic E-state index is -3.81. The van der Waals surface area contributed by atoms with Gasteiger partial charge in [-0.05, 0) is 98.3 Å². The monoisotopic (exact) mass is 949 g/mol. The molecule has 0 aromatic carbocycles. The molecule has 3 fully saturated rings. The van der Waals surface area contributed by atoms with Crippen molar-refractivity contribution in [2.24, 2.45) is 30.7 Å². The summed E-state index contributed by atoms with van der Waals surface area (Å²) in [7, 11) is 1.06. The van der Waals surface area contributed by atoms with Gasteiger partial charge in [-0.15, -0.1) is 14.7 Å². The van der Waals surface area contributed by atoms with Gasteiger partial charge in [-0.3, -0.25) is 9.36 Å². The van der Waals surface area contributed by atoms with E-state index in [2.05, 4.69) is 32.9 Å². The lowest BCUT2D eigenvalue weighted by Crippen LogP contribution is -2.51. The summed E-state index contributed by atoms with van der Waals surface area (Å²) in [6.07, 6.45) is 1.92. The number of methoxy groups -OCH3 is 1. The van der Waals surface area contributed by atoms with Gasteiger partial charge in [0.15, 0.2) is 0 Å². The lowest BCUT2D eigenvalue weighted by molar-refractivity contribution is -0.172. The minimum absolute atomic E-state index is 0.00433. The lowest BCUT2D eigenvalue weighted by atomic mass is 9.93. The van der Waals surface area contributed by atoms with Gasteiger partial charge in [0.25, 0.3) is 0 Å². The second-order valence-electron chi connectivity index (χ2n) is 17.4. The third-order valence-corrected chi connectivity index (χ3v) is 13.4. The highest BCUT2D eigenvalue weighted by Gasteiger charge is 2.55. The van der Waals surface area contributed by atoms with Crippen LogP contribution >= 0.6 is 8.17 Å². The smallest absolute Gasteiger partial charge is 0.449 e. The van der Waals surface area contributed by atoms with Gasteiger partial charge >= 0.3 is 14.3 Å². The summed E-state index contributed by atoms with van der Waals surface area (Å²) in [5, 5.41) is 39.9. The molecule has 4 N–H and O–H groups in total. The van der Waals surface area contributed by atoms with E-state index >= 15 is 0 Å². The molecule has 5 unspecified atom stereocenters. The number of carbonyl (C=O) groups excluding carboxylic acids is 1. The number of aryl methyl sites for hydroxylation is 4. The molecule has 0 radical (unpaired) electrons. The van der Waals surface area contributed by atoms with E-state index in [1.807, 2.05) is 57.2 Å². The molecule has 2 aliphatic heterocycles. The highest BCUT2D eigenvalue weighted by atomic mass is 31.2. The number of fused-ring (bicyclic) bond motifs is 2. The van der Waals surface area contributed by atoms with Crippen LogP contribution in [0.4, 0.5) is 4.79 Å². The molecule has 0 spiro atoms. The van der Waals surface area contributed by atoms with E-state index in [-0.39, 0.29) is 37.4 Å². The van der Waals surface area contributed by atoms with Crippen LogP contribution < -0.4 is 5.32 Å². The van der Waals surface area contributed by atoms with Crippen molar-refractivity contribution < 1.29 is 66.6 Å². The maximum Gasteiger partial charge on any atom is 0.572 e. The van der Waals surface area contributed by atoms with Crippen molar-refractivity contribution in [2.75, 3.05) is 67.0 Å². The summed E-state index contributed by atoms with van der Waals surface area (Å²) in [5.74, 6) is 1.49. The maximum atomic E-state index is 11.8. The molecule has 12 atom stereocenters. The molecule has 4 heterocycles. The Morgan fingerprint density at radius 3 is 2.29 bits per heavy atom. The first kappa shape index (κ1) is 55.1. The molecule has 2 saturated heterocycles. The molecule has 2 aromatic heterocycles. The Bertz CT molecular complexity index is 1640. The Morgan fingerprint density at radius 1 is 0.938 bits per heavy atom. The van der Waals surface area contributed by atoms with Gasteiger partial charge in [0.05, 0.1) is 88.2 Å². The fraction of sp³-hybridized carbons (Fsp3) is 0.884. The summed E-state index contributed by atoms with van der Waals surface area (Å²) in [4.78, 5) is 22.7. The molecule has 1 amide bonds. The number of aliphatic hydroxyl groups is 2. The summed E-state index contributed by atoms with van der Waals surface area (Å²) in [6, 6.07) is 0. The lowest BCUT2D eigenvalue weighted by Gasteiger charge is -2.38. The van der Waals surface area contributed by atoms with Crippen molar-refractivity contribution in [2.45, 2.75) is 149 Å². The van der Waals surface area contributed by atoms with Gasteiger partial charge in [-0.25, -0.2) is 4.79 Å². The molecule has 2 aromatic rings. The highest BCUT2D eigenvalue weighted by molar-refractivity contribution is 7.55. The van der Waals surface area contributed by atoms with Crippen LogP contribution in [-0.4, -0.2) is 173 Å². The van der Waals surface area contributed by atoms with Crippen LogP contribution in [0.5, 0.6) is 0 Å². The Balaban J connectivity index is 0.000000242. The zero-order chi connectivity index (χ0) is 47.7. The fourth-order valence-electron chi connectivity index (χ4n) is 8.11. The zero-order valence-corrected chi connectivity index (χ0v) is 41.3. The van der Waals surface area contributed by atoms with Crippen LogP contribution in [0, 0.1) is 23.7 Å². The summed E-state index contributed by atoms with van der Waals surface area (Å²) >= 11 is 0. The van der Waals surface area contributed by atoms with Gasteiger partial charge in [0.1, 0.15) is 37.1 Å². The van der Waals surface area contributed by atoms with Crippen molar-refractivity contribution in [3.8, 4) is 0 Å². The van der Waals surface area contributed by atoms with Crippen molar-refractivity contribution in [1.82, 2.24) is 35.3 Å². The van der Waals surface area contributed by atoms with Crippen molar-refractivity contribution in [1.29, 1.82) is 0 Å². The molecule has 6 rings (SSSR count). The number of carbonyl (C=O) groups is 1. The van der Waals surface area contributed by atoms with Crippen molar-refractivity contribution in [3.05, 3.63) is 23.3 Å². The SMILES string of the molecule is CCc1cn(CC)nn1.COCCOCCNC(=O)OC[C@@H]1[C@@H]2CCc3c(nnn3C)CC[C@@H]21.CO[P+](O)(OC[C@H]1O[C@@H](C)C(O)C1OC(C)C)OC1[C@@H](COC(C)C)COC(C)[C@H]1O. The van der Waals surface area contributed by atoms with E-state index in [0.717, 1.165) is 50.0 Å². The largest absolute Gasteiger partial charge is 0.572 e. The second-order valence-corrected chi connectivity index (χ2v) is 19.2. The molecule has 65 heavy (non-hydrogen) atoms. The van der Waals surface area contributed by atoms with Gasteiger partial charge in [-0.1, -0.05) is 17.4 Å². The Morgan fingerprint density at radius 2 is 1.66 bits per heavy atom. The first-order valence-electron chi connectivity index (χ1n) is 23.2. The average molecular weight is 949 g/mol. The number of nitrogens with zero attached hydrogens (tertiary/aromatic N) is 6. The molecule has 0 bridgehead atoms.